The number of fused-ring (bicyclic) bond motifs is 1. The van der Waals surface area contributed by atoms with Crippen molar-refractivity contribution in [2.24, 2.45) is 0 Å². The summed E-state index contributed by atoms with van der Waals surface area (Å²) in [4.78, 5) is 15.1. The topological polar surface area (TPSA) is 105 Å². The van der Waals surface area contributed by atoms with Gasteiger partial charge in [0.2, 0.25) is 11.9 Å². The van der Waals surface area contributed by atoms with E-state index < -0.39 is 5.82 Å². The molecule has 0 saturated carbocycles. The van der Waals surface area contributed by atoms with Crippen LogP contribution in [0.2, 0.25) is 0 Å². The third-order valence-corrected chi connectivity index (χ3v) is 3.21. The van der Waals surface area contributed by atoms with Crippen LogP contribution in [0, 0.1) is 5.82 Å². The number of H-pyrrole nitrogens is 1. The fourth-order valence-electron chi connectivity index (χ4n) is 2.19. The van der Waals surface area contributed by atoms with Gasteiger partial charge in [-0.3, -0.25) is 0 Å². The fourth-order valence-corrected chi connectivity index (χ4v) is 2.19. The lowest BCUT2D eigenvalue weighted by Crippen LogP contribution is -2.18. The first kappa shape index (κ1) is 14.8. The molecule has 2 heterocycles. The van der Waals surface area contributed by atoms with Crippen LogP contribution in [0.25, 0.3) is 22.2 Å². The van der Waals surface area contributed by atoms with Gasteiger partial charge in [-0.2, -0.15) is 0 Å². The van der Waals surface area contributed by atoms with Crippen molar-refractivity contribution < 1.29 is 4.39 Å². The molecule has 0 saturated heterocycles. The number of aromatic nitrogens is 4. The smallest absolute Gasteiger partial charge is 0.219 e. The second-order valence-corrected chi connectivity index (χ2v) is 4.90. The molecule has 0 radical (unpaired) electrons. The Morgan fingerprint density at radius 3 is 2.78 bits per heavy atom. The summed E-state index contributed by atoms with van der Waals surface area (Å²) >= 11 is 0. The van der Waals surface area contributed by atoms with Gasteiger partial charge in [0.15, 0.2) is 0 Å². The molecule has 3 rings (SSSR count). The van der Waals surface area contributed by atoms with Crippen molar-refractivity contribution in [3.8, 4) is 11.1 Å². The van der Waals surface area contributed by atoms with Crippen molar-refractivity contribution in [3.05, 3.63) is 42.7 Å². The van der Waals surface area contributed by atoms with Crippen LogP contribution in [0.4, 0.5) is 16.3 Å². The number of anilines is 2. The number of halogens is 1. The highest BCUT2D eigenvalue weighted by Crippen LogP contribution is 2.27. The molecular formula is C15H16FN7. The normalized spacial score (nSPS) is 10.7. The molecule has 0 unspecified atom stereocenters. The van der Waals surface area contributed by atoms with E-state index in [-0.39, 0.29) is 5.95 Å². The Bertz CT molecular complexity index is 854. The quantitative estimate of drug-likeness (QED) is 0.576. The molecule has 0 spiro atoms. The van der Waals surface area contributed by atoms with Crippen LogP contribution in [-0.2, 0) is 0 Å². The number of nitrogens with zero attached hydrogens (tertiary/aromatic N) is 3. The summed E-state index contributed by atoms with van der Waals surface area (Å²) in [7, 11) is 0. The summed E-state index contributed by atoms with van der Waals surface area (Å²) in [6.45, 7) is 6.51. The molecular weight excluding hydrogens is 297 g/mol. The lowest BCUT2D eigenvalue weighted by Gasteiger charge is -2.06. The Hall–Kier alpha value is -3.16. The summed E-state index contributed by atoms with van der Waals surface area (Å²) in [6.07, 6.45) is 2.96. The van der Waals surface area contributed by atoms with Crippen LogP contribution >= 0.6 is 0 Å². The minimum absolute atomic E-state index is 0.142. The van der Waals surface area contributed by atoms with Gasteiger partial charge in [0, 0.05) is 36.1 Å². The maximum atomic E-state index is 14.3. The van der Waals surface area contributed by atoms with Gasteiger partial charge in [-0.25, -0.2) is 19.3 Å². The van der Waals surface area contributed by atoms with E-state index in [9.17, 15) is 4.39 Å². The summed E-state index contributed by atoms with van der Waals surface area (Å²) in [5.74, 6) is 0.838. The predicted octanol–water partition coefficient (Wildman–Crippen LogP) is 2.23. The average Bonchev–Trinajstić information content (AvgIpc) is 2.88. The van der Waals surface area contributed by atoms with E-state index in [0.29, 0.717) is 33.9 Å². The van der Waals surface area contributed by atoms with Crippen molar-refractivity contribution in [1.82, 2.24) is 25.3 Å². The van der Waals surface area contributed by atoms with Gasteiger partial charge in [0.25, 0.3) is 0 Å². The molecule has 8 heteroatoms. The van der Waals surface area contributed by atoms with Crippen molar-refractivity contribution in [2.45, 2.75) is 6.92 Å². The van der Waals surface area contributed by atoms with Crippen LogP contribution in [-0.4, -0.2) is 26.5 Å². The van der Waals surface area contributed by atoms with Gasteiger partial charge in [0.1, 0.15) is 5.82 Å². The second kappa shape index (κ2) is 5.91. The fraction of sp³-hybridized carbons (Fsp3) is 0.133. The largest absolute Gasteiger partial charge is 0.372 e. The maximum Gasteiger partial charge on any atom is 0.219 e. The van der Waals surface area contributed by atoms with E-state index in [4.69, 9.17) is 5.73 Å². The number of nitrogen functional groups attached to an aromatic ring is 1. The molecule has 23 heavy (non-hydrogen) atoms. The zero-order valence-electron chi connectivity index (χ0n) is 12.5. The number of rotatable bonds is 5. The molecule has 118 valence electrons. The van der Waals surface area contributed by atoms with Gasteiger partial charge >= 0.3 is 0 Å². The highest BCUT2D eigenvalue weighted by atomic mass is 19.1. The van der Waals surface area contributed by atoms with Crippen molar-refractivity contribution in [2.75, 3.05) is 17.6 Å². The highest BCUT2D eigenvalue weighted by Gasteiger charge is 2.11. The van der Waals surface area contributed by atoms with Crippen molar-refractivity contribution >= 4 is 22.9 Å². The number of aromatic amines is 1. The van der Waals surface area contributed by atoms with E-state index in [2.05, 4.69) is 37.1 Å². The molecule has 2 aromatic heterocycles. The van der Waals surface area contributed by atoms with Crippen molar-refractivity contribution in [3.63, 3.8) is 0 Å². The second-order valence-electron chi connectivity index (χ2n) is 4.90. The number of nitrogens with one attached hydrogen (secondary N) is 3. The minimum atomic E-state index is -0.397. The zero-order chi connectivity index (χ0) is 16.4. The molecule has 0 aliphatic carbocycles. The van der Waals surface area contributed by atoms with E-state index in [0.717, 1.165) is 6.54 Å². The first-order valence-corrected chi connectivity index (χ1v) is 7.03. The standard InChI is InChI=1S/C15H16FN7/c1-3-18-8(2)21-15-22-12-4-10(11(16)5-13(12)23-15)9-6-19-14(17)20-7-9/h4-7,18H,2-3H2,1H3,(H2,17,19,20)(H2,21,22,23). The first-order valence-electron chi connectivity index (χ1n) is 7.03. The van der Waals surface area contributed by atoms with Gasteiger partial charge in [-0.1, -0.05) is 6.58 Å². The SMILES string of the molecule is C=C(NCC)Nc1nc2cc(-c3cnc(N)nc3)c(F)cc2[nH]1. The van der Waals surface area contributed by atoms with Crippen LogP contribution < -0.4 is 16.4 Å². The summed E-state index contributed by atoms with van der Waals surface area (Å²) in [5.41, 5.74) is 7.54. The Labute approximate surface area is 131 Å². The third kappa shape index (κ3) is 3.05. The summed E-state index contributed by atoms with van der Waals surface area (Å²) in [5, 5.41) is 6.01. The average molecular weight is 313 g/mol. The number of imidazole rings is 1. The van der Waals surface area contributed by atoms with Gasteiger partial charge in [0.05, 0.1) is 16.9 Å². The molecule has 0 fully saturated rings. The van der Waals surface area contributed by atoms with E-state index in [1.54, 1.807) is 6.07 Å². The number of benzene rings is 1. The highest BCUT2D eigenvalue weighted by molar-refractivity contribution is 5.83. The van der Waals surface area contributed by atoms with Gasteiger partial charge < -0.3 is 21.4 Å². The minimum Gasteiger partial charge on any atom is -0.372 e. The number of hydrogen-bond acceptors (Lipinski definition) is 6. The van der Waals surface area contributed by atoms with Crippen molar-refractivity contribution in [1.29, 1.82) is 0 Å². The number of nitrogens with two attached hydrogens (primary N) is 1. The van der Waals surface area contributed by atoms with E-state index in [1.807, 2.05) is 6.92 Å². The van der Waals surface area contributed by atoms with Crippen LogP contribution in [0.15, 0.2) is 36.9 Å². The van der Waals surface area contributed by atoms with Crippen LogP contribution in [0.3, 0.4) is 0 Å². The Balaban J connectivity index is 1.97. The lowest BCUT2D eigenvalue weighted by atomic mass is 10.1. The maximum absolute atomic E-state index is 14.3. The molecule has 0 aliphatic heterocycles. The molecule has 0 bridgehead atoms. The van der Waals surface area contributed by atoms with E-state index >= 15 is 0 Å². The van der Waals surface area contributed by atoms with Gasteiger partial charge in [-0.05, 0) is 13.0 Å². The monoisotopic (exact) mass is 313 g/mol. The molecule has 0 atom stereocenters. The zero-order valence-corrected chi connectivity index (χ0v) is 12.5. The molecule has 1 aromatic carbocycles. The van der Waals surface area contributed by atoms with Crippen LogP contribution in [0.5, 0.6) is 0 Å². The Kier molecular flexibility index (Phi) is 3.80. The molecule has 0 aliphatic rings. The summed E-state index contributed by atoms with van der Waals surface area (Å²) in [6, 6.07) is 3.02. The third-order valence-electron chi connectivity index (χ3n) is 3.21. The Morgan fingerprint density at radius 1 is 1.35 bits per heavy atom. The predicted molar refractivity (Wildman–Crippen MR) is 87.9 cm³/mol. The van der Waals surface area contributed by atoms with Crippen LogP contribution in [0.1, 0.15) is 6.92 Å². The first-order chi connectivity index (χ1) is 11.1. The van der Waals surface area contributed by atoms with E-state index in [1.165, 1.54) is 18.5 Å². The van der Waals surface area contributed by atoms with Gasteiger partial charge in [-0.15, -0.1) is 0 Å². The molecule has 7 nitrogen and oxygen atoms in total. The molecule has 3 aromatic rings. The Morgan fingerprint density at radius 2 is 2.09 bits per heavy atom. The summed E-state index contributed by atoms with van der Waals surface area (Å²) < 4.78 is 14.3. The molecule has 5 N–H and O–H groups in total. The number of hydrogen-bond donors (Lipinski definition) is 4. The lowest BCUT2D eigenvalue weighted by molar-refractivity contribution is 0.632. The molecule has 0 amide bonds.